The van der Waals surface area contributed by atoms with Crippen LogP contribution in [0.1, 0.15) is 30.5 Å². The second-order valence-corrected chi connectivity index (χ2v) is 7.98. The van der Waals surface area contributed by atoms with Crippen molar-refractivity contribution in [2.24, 2.45) is 5.92 Å². The van der Waals surface area contributed by atoms with Gasteiger partial charge in [0, 0.05) is 16.7 Å². The summed E-state index contributed by atoms with van der Waals surface area (Å²) in [5, 5.41) is 5.70. The standard InChI is InChI=1S/C27H30N2O3/c1-20(2)25(28-3)26(31)29-19-24(30)32-27(21-13-7-4-8-14-21,22-15-9-5-10-16-22)23-17-11-6-12-18-23/h4-18,20,25,28H,19H2,1-3H3,(H,29,31)/t25-/m0/s1. The molecule has 0 aromatic heterocycles. The average molecular weight is 431 g/mol. The van der Waals surface area contributed by atoms with E-state index in [9.17, 15) is 9.59 Å². The van der Waals surface area contributed by atoms with E-state index in [2.05, 4.69) is 10.6 Å². The lowest BCUT2D eigenvalue weighted by Gasteiger charge is -2.35. The van der Waals surface area contributed by atoms with E-state index >= 15 is 0 Å². The highest BCUT2D eigenvalue weighted by atomic mass is 16.6. The van der Waals surface area contributed by atoms with E-state index in [0.717, 1.165) is 16.7 Å². The number of benzene rings is 3. The molecule has 1 amide bonds. The van der Waals surface area contributed by atoms with Crippen LogP contribution in [0.5, 0.6) is 0 Å². The van der Waals surface area contributed by atoms with Crippen molar-refractivity contribution in [2.75, 3.05) is 13.6 Å². The average Bonchev–Trinajstić information content (AvgIpc) is 2.83. The van der Waals surface area contributed by atoms with Gasteiger partial charge in [0.1, 0.15) is 6.54 Å². The molecule has 0 aliphatic rings. The van der Waals surface area contributed by atoms with Crippen molar-refractivity contribution in [3.63, 3.8) is 0 Å². The van der Waals surface area contributed by atoms with Crippen LogP contribution in [0.15, 0.2) is 91.0 Å². The minimum absolute atomic E-state index is 0.0908. The van der Waals surface area contributed by atoms with Crippen molar-refractivity contribution in [1.82, 2.24) is 10.6 Å². The first-order chi connectivity index (χ1) is 15.5. The molecule has 3 aromatic rings. The largest absolute Gasteiger partial charge is 0.443 e. The molecule has 0 spiro atoms. The first kappa shape index (κ1) is 23.2. The number of amides is 1. The highest BCUT2D eigenvalue weighted by Gasteiger charge is 2.40. The van der Waals surface area contributed by atoms with E-state index in [4.69, 9.17) is 4.74 Å². The molecule has 2 N–H and O–H groups in total. The molecule has 0 radical (unpaired) electrons. The van der Waals surface area contributed by atoms with Crippen LogP contribution in [0.2, 0.25) is 0 Å². The molecule has 1 atom stereocenters. The highest BCUT2D eigenvalue weighted by molar-refractivity contribution is 5.86. The summed E-state index contributed by atoms with van der Waals surface area (Å²) in [6.07, 6.45) is 0. The van der Waals surface area contributed by atoms with Crippen molar-refractivity contribution in [1.29, 1.82) is 0 Å². The Kier molecular flexibility index (Phi) is 7.79. The molecule has 0 heterocycles. The molecular weight excluding hydrogens is 400 g/mol. The molecule has 0 saturated heterocycles. The minimum atomic E-state index is -1.15. The molecule has 3 aromatic carbocycles. The third kappa shape index (κ3) is 5.06. The molecule has 32 heavy (non-hydrogen) atoms. The summed E-state index contributed by atoms with van der Waals surface area (Å²) in [5.74, 6) is -0.661. The fourth-order valence-electron chi connectivity index (χ4n) is 3.94. The number of esters is 1. The predicted molar refractivity (Wildman–Crippen MR) is 126 cm³/mol. The third-order valence-electron chi connectivity index (χ3n) is 5.47. The normalized spacial score (nSPS) is 12.2. The smallest absolute Gasteiger partial charge is 0.326 e. The van der Waals surface area contributed by atoms with Gasteiger partial charge in [0.05, 0.1) is 6.04 Å². The predicted octanol–water partition coefficient (Wildman–Crippen LogP) is 3.88. The number of nitrogens with one attached hydrogen (secondary N) is 2. The topological polar surface area (TPSA) is 67.4 Å². The van der Waals surface area contributed by atoms with Gasteiger partial charge in [-0.1, -0.05) is 105 Å². The first-order valence-corrected chi connectivity index (χ1v) is 10.8. The van der Waals surface area contributed by atoms with Crippen molar-refractivity contribution >= 4 is 11.9 Å². The van der Waals surface area contributed by atoms with Gasteiger partial charge in [0.25, 0.3) is 0 Å². The second-order valence-electron chi connectivity index (χ2n) is 7.98. The Bertz CT molecular complexity index is 908. The van der Waals surface area contributed by atoms with Crippen LogP contribution in [-0.2, 0) is 19.9 Å². The maximum absolute atomic E-state index is 13.1. The van der Waals surface area contributed by atoms with Gasteiger partial charge in [-0.25, -0.2) is 0 Å². The zero-order chi connectivity index (χ0) is 23.0. The number of ether oxygens (including phenoxy) is 1. The monoisotopic (exact) mass is 430 g/mol. The van der Waals surface area contributed by atoms with Crippen LogP contribution in [0.3, 0.4) is 0 Å². The van der Waals surface area contributed by atoms with Crippen LogP contribution in [0, 0.1) is 5.92 Å². The number of rotatable bonds is 9. The van der Waals surface area contributed by atoms with Crippen molar-refractivity contribution in [3.8, 4) is 0 Å². The van der Waals surface area contributed by atoms with Crippen molar-refractivity contribution in [2.45, 2.75) is 25.5 Å². The SMILES string of the molecule is CN[C@H](C(=O)NCC(=O)OC(c1ccccc1)(c1ccccc1)c1ccccc1)C(C)C. The van der Waals surface area contributed by atoms with Gasteiger partial charge in [-0.3, -0.25) is 9.59 Å². The van der Waals surface area contributed by atoms with Crippen molar-refractivity contribution < 1.29 is 14.3 Å². The van der Waals surface area contributed by atoms with E-state index in [0.29, 0.717) is 0 Å². The molecule has 5 nitrogen and oxygen atoms in total. The summed E-state index contributed by atoms with van der Waals surface area (Å²) in [4.78, 5) is 25.6. The Morgan fingerprint density at radius 1 is 0.781 bits per heavy atom. The summed E-state index contributed by atoms with van der Waals surface area (Å²) in [6.45, 7) is 3.67. The molecule has 3 rings (SSSR count). The number of hydrogen-bond acceptors (Lipinski definition) is 4. The molecule has 0 aliphatic carbocycles. The van der Waals surface area contributed by atoms with Gasteiger partial charge in [-0.15, -0.1) is 0 Å². The lowest BCUT2D eigenvalue weighted by Crippen LogP contribution is -2.48. The fraction of sp³-hybridized carbons (Fsp3) is 0.259. The van der Waals surface area contributed by atoms with Gasteiger partial charge >= 0.3 is 5.97 Å². The van der Waals surface area contributed by atoms with Crippen LogP contribution < -0.4 is 10.6 Å². The number of hydrogen-bond donors (Lipinski definition) is 2. The van der Waals surface area contributed by atoms with E-state index in [1.54, 1.807) is 7.05 Å². The Morgan fingerprint density at radius 3 is 1.53 bits per heavy atom. The van der Waals surface area contributed by atoms with Crippen LogP contribution in [0.4, 0.5) is 0 Å². The minimum Gasteiger partial charge on any atom is -0.443 e. The van der Waals surface area contributed by atoms with Gasteiger partial charge in [0.15, 0.2) is 5.60 Å². The maximum Gasteiger partial charge on any atom is 0.326 e. The van der Waals surface area contributed by atoms with Crippen LogP contribution >= 0.6 is 0 Å². The number of carbonyl (C=O) groups excluding carboxylic acids is 2. The first-order valence-electron chi connectivity index (χ1n) is 10.8. The van der Waals surface area contributed by atoms with Crippen molar-refractivity contribution in [3.05, 3.63) is 108 Å². The summed E-state index contributed by atoms with van der Waals surface area (Å²) >= 11 is 0. The van der Waals surface area contributed by atoms with Crippen LogP contribution in [0.25, 0.3) is 0 Å². The lowest BCUT2D eigenvalue weighted by molar-refractivity contribution is -0.153. The summed E-state index contributed by atoms with van der Waals surface area (Å²) in [7, 11) is 1.73. The van der Waals surface area contributed by atoms with E-state index in [1.165, 1.54) is 0 Å². The fourth-order valence-corrected chi connectivity index (χ4v) is 3.94. The van der Waals surface area contributed by atoms with Gasteiger partial charge in [-0.05, 0) is 13.0 Å². The van der Waals surface area contributed by atoms with Crippen LogP contribution in [-0.4, -0.2) is 31.5 Å². The quantitative estimate of drug-likeness (QED) is 0.399. The molecule has 5 heteroatoms. The molecule has 0 aliphatic heterocycles. The molecule has 0 bridgehead atoms. The maximum atomic E-state index is 13.1. The van der Waals surface area contributed by atoms with E-state index in [1.807, 2.05) is 105 Å². The second kappa shape index (κ2) is 10.7. The molecular formula is C27H30N2O3. The molecule has 166 valence electrons. The molecule has 0 unspecified atom stereocenters. The third-order valence-corrected chi connectivity index (χ3v) is 5.47. The van der Waals surface area contributed by atoms with Gasteiger partial charge in [-0.2, -0.15) is 0 Å². The Morgan fingerprint density at radius 2 is 1.19 bits per heavy atom. The molecule has 0 saturated carbocycles. The molecule has 0 fully saturated rings. The van der Waals surface area contributed by atoms with Gasteiger partial charge in [0.2, 0.25) is 5.91 Å². The van der Waals surface area contributed by atoms with Gasteiger partial charge < -0.3 is 15.4 Å². The van der Waals surface area contributed by atoms with E-state index < -0.39 is 11.6 Å². The highest BCUT2D eigenvalue weighted by Crippen LogP contribution is 2.40. The summed E-state index contributed by atoms with van der Waals surface area (Å²) < 4.78 is 6.25. The van der Waals surface area contributed by atoms with E-state index in [-0.39, 0.29) is 24.4 Å². The Balaban J connectivity index is 1.98. The summed E-state index contributed by atoms with van der Waals surface area (Å²) in [5.41, 5.74) is 1.33. The zero-order valence-electron chi connectivity index (χ0n) is 18.7. The zero-order valence-corrected chi connectivity index (χ0v) is 18.7. The summed E-state index contributed by atoms with van der Waals surface area (Å²) in [6, 6.07) is 28.6. The number of likely N-dealkylation sites (N-methyl/N-ethyl adjacent to an activating group) is 1. The Labute approximate surface area is 189 Å². The number of carbonyl (C=O) groups is 2. The lowest BCUT2D eigenvalue weighted by atomic mass is 9.80. The Hall–Kier alpha value is -3.44.